The fourth-order valence-electron chi connectivity index (χ4n) is 0.872. The predicted octanol–water partition coefficient (Wildman–Crippen LogP) is -0.0365. The number of hydrogen-bond donors (Lipinski definition) is 3. The maximum Gasteiger partial charge on any atom is 0.107 e. The van der Waals surface area contributed by atoms with Gasteiger partial charge in [-0.1, -0.05) is 30.3 Å². The second kappa shape index (κ2) is 3.48. The normalized spacial score (nSPS) is 13.5. The molecule has 0 spiro atoms. The summed E-state index contributed by atoms with van der Waals surface area (Å²) in [5.74, 6) is 0. The minimum absolute atomic E-state index is 0.711. The van der Waals surface area contributed by atoms with Crippen molar-refractivity contribution < 1.29 is 5.11 Å². The molecule has 3 heteroatoms. The summed E-state index contributed by atoms with van der Waals surface area (Å²) in [5.41, 5.74) is 11.3. The standard InChI is InChI=1S/C8H12N2O/c9-8(10)7(11)6-4-2-1-3-5-6/h1-5,7-8,11H,9-10H2. The number of nitrogens with two attached hydrogens (primary N) is 2. The molecule has 11 heavy (non-hydrogen) atoms. The van der Waals surface area contributed by atoms with E-state index in [1.54, 1.807) is 12.1 Å². The Kier molecular flexibility index (Phi) is 2.59. The molecule has 0 aliphatic heterocycles. The second-order valence-electron chi connectivity index (χ2n) is 2.43. The van der Waals surface area contributed by atoms with Crippen LogP contribution < -0.4 is 11.5 Å². The van der Waals surface area contributed by atoms with Crippen LogP contribution >= 0.6 is 0 Å². The molecule has 0 heterocycles. The van der Waals surface area contributed by atoms with Crippen molar-refractivity contribution in [3.05, 3.63) is 35.9 Å². The third kappa shape index (κ3) is 2.01. The summed E-state index contributed by atoms with van der Waals surface area (Å²) in [7, 11) is 0. The number of aliphatic hydroxyl groups is 1. The van der Waals surface area contributed by atoms with Crippen LogP contribution in [0.2, 0.25) is 0 Å². The summed E-state index contributed by atoms with van der Waals surface area (Å²) in [6.07, 6.45) is -1.48. The Morgan fingerprint density at radius 2 is 1.64 bits per heavy atom. The van der Waals surface area contributed by atoms with Crippen LogP contribution in [0.1, 0.15) is 11.7 Å². The monoisotopic (exact) mass is 152 g/mol. The van der Waals surface area contributed by atoms with E-state index in [1.165, 1.54) is 0 Å². The molecule has 1 rings (SSSR count). The lowest BCUT2D eigenvalue weighted by Crippen LogP contribution is -2.37. The lowest BCUT2D eigenvalue weighted by molar-refractivity contribution is 0.149. The number of aliphatic hydroxyl groups excluding tert-OH is 1. The number of rotatable bonds is 2. The summed E-state index contributed by atoms with van der Waals surface area (Å²) in [6, 6.07) is 9.12. The largest absolute Gasteiger partial charge is 0.385 e. The molecule has 0 aromatic heterocycles. The molecule has 0 aliphatic carbocycles. The molecule has 0 radical (unpaired) electrons. The molecule has 1 atom stereocenters. The van der Waals surface area contributed by atoms with Crippen LogP contribution in [0.5, 0.6) is 0 Å². The van der Waals surface area contributed by atoms with Crippen molar-refractivity contribution in [3.63, 3.8) is 0 Å². The zero-order valence-corrected chi connectivity index (χ0v) is 6.14. The Morgan fingerprint density at radius 3 is 2.09 bits per heavy atom. The number of hydrogen-bond acceptors (Lipinski definition) is 3. The van der Waals surface area contributed by atoms with E-state index in [0.717, 1.165) is 5.56 Å². The molecule has 1 aromatic rings. The van der Waals surface area contributed by atoms with E-state index in [1.807, 2.05) is 18.2 Å². The van der Waals surface area contributed by atoms with E-state index < -0.39 is 12.3 Å². The lowest BCUT2D eigenvalue weighted by Gasteiger charge is -2.13. The van der Waals surface area contributed by atoms with Crippen molar-refractivity contribution in [1.82, 2.24) is 0 Å². The number of benzene rings is 1. The maximum atomic E-state index is 9.35. The first kappa shape index (κ1) is 8.20. The summed E-state index contributed by atoms with van der Waals surface area (Å²) in [4.78, 5) is 0. The molecule has 0 aliphatic rings. The van der Waals surface area contributed by atoms with E-state index >= 15 is 0 Å². The predicted molar refractivity (Wildman–Crippen MR) is 43.6 cm³/mol. The summed E-state index contributed by atoms with van der Waals surface area (Å²) < 4.78 is 0. The van der Waals surface area contributed by atoms with E-state index in [0.29, 0.717) is 0 Å². The van der Waals surface area contributed by atoms with Gasteiger partial charge >= 0.3 is 0 Å². The van der Waals surface area contributed by atoms with E-state index in [2.05, 4.69) is 0 Å². The fraction of sp³-hybridized carbons (Fsp3) is 0.250. The summed E-state index contributed by atoms with van der Waals surface area (Å²) >= 11 is 0. The van der Waals surface area contributed by atoms with Crippen LogP contribution in [0.25, 0.3) is 0 Å². The van der Waals surface area contributed by atoms with Gasteiger partial charge in [-0.15, -0.1) is 0 Å². The van der Waals surface area contributed by atoms with Crippen molar-refractivity contribution in [1.29, 1.82) is 0 Å². The van der Waals surface area contributed by atoms with Crippen LogP contribution in [-0.2, 0) is 0 Å². The molecular weight excluding hydrogens is 140 g/mol. The highest BCUT2D eigenvalue weighted by Crippen LogP contribution is 2.11. The molecular formula is C8H12N2O. The molecule has 0 fully saturated rings. The minimum Gasteiger partial charge on any atom is -0.385 e. The fourth-order valence-corrected chi connectivity index (χ4v) is 0.872. The van der Waals surface area contributed by atoms with Crippen molar-refractivity contribution in [3.8, 4) is 0 Å². The second-order valence-corrected chi connectivity index (χ2v) is 2.43. The maximum absolute atomic E-state index is 9.35. The third-order valence-electron chi connectivity index (χ3n) is 1.51. The van der Waals surface area contributed by atoms with Crippen LogP contribution in [-0.4, -0.2) is 11.3 Å². The van der Waals surface area contributed by atoms with E-state index in [-0.39, 0.29) is 0 Å². The average Bonchev–Trinajstić information content (AvgIpc) is 2.05. The smallest absolute Gasteiger partial charge is 0.107 e. The quantitative estimate of drug-likeness (QED) is 0.521. The summed E-state index contributed by atoms with van der Waals surface area (Å²) in [5, 5.41) is 9.35. The molecule has 60 valence electrons. The van der Waals surface area contributed by atoms with Gasteiger partial charge in [-0.2, -0.15) is 0 Å². The van der Waals surface area contributed by atoms with E-state index in [9.17, 15) is 5.11 Å². The van der Waals surface area contributed by atoms with Gasteiger partial charge in [0, 0.05) is 0 Å². The highest BCUT2D eigenvalue weighted by Gasteiger charge is 2.10. The van der Waals surface area contributed by atoms with Gasteiger partial charge in [0.05, 0.1) is 6.17 Å². The Labute approximate surface area is 65.6 Å². The average molecular weight is 152 g/mol. The highest BCUT2D eigenvalue weighted by molar-refractivity contribution is 5.18. The van der Waals surface area contributed by atoms with Crippen LogP contribution in [0.15, 0.2) is 30.3 Å². The third-order valence-corrected chi connectivity index (χ3v) is 1.51. The molecule has 0 amide bonds. The first-order valence-corrected chi connectivity index (χ1v) is 3.46. The van der Waals surface area contributed by atoms with Gasteiger partial charge in [0.2, 0.25) is 0 Å². The molecule has 0 bridgehead atoms. The minimum atomic E-state index is -0.767. The molecule has 5 N–H and O–H groups in total. The van der Waals surface area contributed by atoms with Gasteiger partial charge in [-0.05, 0) is 5.56 Å². The van der Waals surface area contributed by atoms with E-state index in [4.69, 9.17) is 11.5 Å². The Morgan fingerprint density at radius 1 is 1.09 bits per heavy atom. The van der Waals surface area contributed by atoms with Crippen molar-refractivity contribution in [2.24, 2.45) is 11.5 Å². The highest BCUT2D eigenvalue weighted by atomic mass is 16.3. The zero-order valence-electron chi connectivity index (χ0n) is 6.14. The van der Waals surface area contributed by atoms with Crippen LogP contribution in [0, 0.1) is 0 Å². The molecule has 1 aromatic carbocycles. The topological polar surface area (TPSA) is 72.3 Å². The lowest BCUT2D eigenvalue weighted by atomic mass is 10.1. The molecule has 1 unspecified atom stereocenters. The van der Waals surface area contributed by atoms with Crippen LogP contribution in [0.3, 0.4) is 0 Å². The van der Waals surface area contributed by atoms with Gasteiger partial charge in [-0.25, -0.2) is 0 Å². The van der Waals surface area contributed by atoms with Crippen LogP contribution in [0.4, 0.5) is 0 Å². The van der Waals surface area contributed by atoms with Gasteiger partial charge in [0.25, 0.3) is 0 Å². The van der Waals surface area contributed by atoms with Crippen molar-refractivity contribution >= 4 is 0 Å². The van der Waals surface area contributed by atoms with Crippen molar-refractivity contribution in [2.45, 2.75) is 12.3 Å². The van der Waals surface area contributed by atoms with Gasteiger partial charge < -0.3 is 16.6 Å². The first-order chi connectivity index (χ1) is 5.22. The Balaban J connectivity index is 2.77. The molecule has 0 saturated carbocycles. The zero-order chi connectivity index (χ0) is 8.27. The Bertz CT molecular complexity index is 211. The van der Waals surface area contributed by atoms with Gasteiger partial charge in [0.1, 0.15) is 6.10 Å². The van der Waals surface area contributed by atoms with Crippen molar-refractivity contribution in [2.75, 3.05) is 0 Å². The molecule has 3 nitrogen and oxygen atoms in total. The SMILES string of the molecule is NC(N)C(O)c1ccccc1. The Hall–Kier alpha value is -0.900. The summed E-state index contributed by atoms with van der Waals surface area (Å²) in [6.45, 7) is 0. The van der Waals surface area contributed by atoms with Gasteiger partial charge in [-0.3, -0.25) is 0 Å². The van der Waals surface area contributed by atoms with Gasteiger partial charge in [0.15, 0.2) is 0 Å². The molecule has 0 saturated heterocycles. The first-order valence-electron chi connectivity index (χ1n) is 3.46.